The van der Waals surface area contributed by atoms with Crippen molar-refractivity contribution in [3.8, 4) is 0 Å². The fourth-order valence-corrected chi connectivity index (χ4v) is 4.20. The van der Waals surface area contributed by atoms with Gasteiger partial charge in [0.2, 0.25) is 0 Å². The van der Waals surface area contributed by atoms with Gasteiger partial charge in [-0.05, 0) is 26.3 Å². The Bertz CT molecular complexity index is 770. The predicted octanol–water partition coefficient (Wildman–Crippen LogP) is 2.69. The number of carboxylic acids is 1. The van der Waals surface area contributed by atoms with Crippen LogP contribution in [0.3, 0.4) is 0 Å². The number of rotatable bonds is 4. The normalized spacial score (nSPS) is 29.0. The molecule has 7 heteroatoms. The second-order valence-corrected chi connectivity index (χ2v) is 8.51. The van der Waals surface area contributed by atoms with Crippen molar-refractivity contribution in [3.05, 3.63) is 35.9 Å². The number of aliphatic carboxylic acids is 1. The van der Waals surface area contributed by atoms with E-state index in [-0.39, 0.29) is 19.7 Å². The van der Waals surface area contributed by atoms with Gasteiger partial charge in [0.15, 0.2) is 5.41 Å². The molecular weight excluding hydrogens is 350 g/mol. The molecule has 1 saturated carbocycles. The number of piperidine rings is 1. The monoisotopic (exact) mass is 375 g/mol. The van der Waals surface area contributed by atoms with Gasteiger partial charge in [-0.1, -0.05) is 37.3 Å². The average molecular weight is 375 g/mol. The minimum Gasteiger partial charge on any atom is -0.480 e. The van der Waals surface area contributed by atoms with Crippen LogP contribution in [0.4, 0.5) is 4.79 Å². The summed E-state index contributed by atoms with van der Waals surface area (Å²) in [6.07, 6.45) is -0.504. The molecule has 1 amide bonds. The second-order valence-electron chi connectivity index (χ2n) is 8.51. The molecule has 1 N–H and O–H groups in total. The lowest BCUT2D eigenvalue weighted by Gasteiger charge is -2.28. The molecule has 27 heavy (non-hydrogen) atoms. The van der Waals surface area contributed by atoms with Crippen molar-refractivity contribution < 1.29 is 29.0 Å². The summed E-state index contributed by atoms with van der Waals surface area (Å²) in [5.74, 6) is -2.41. The Morgan fingerprint density at radius 3 is 2.33 bits per heavy atom. The minimum atomic E-state index is -1.60. The van der Waals surface area contributed by atoms with Gasteiger partial charge in [-0.25, -0.2) is 4.79 Å². The van der Waals surface area contributed by atoms with E-state index in [1.165, 1.54) is 4.90 Å². The van der Waals surface area contributed by atoms with Crippen LogP contribution in [0.5, 0.6) is 0 Å². The Morgan fingerprint density at radius 1 is 1.22 bits per heavy atom. The largest absolute Gasteiger partial charge is 0.480 e. The smallest absolute Gasteiger partial charge is 0.410 e. The van der Waals surface area contributed by atoms with Gasteiger partial charge in [0.05, 0.1) is 0 Å². The summed E-state index contributed by atoms with van der Waals surface area (Å²) in [6, 6.07) is 9.30. The molecule has 2 aliphatic rings. The molecule has 0 aromatic heterocycles. The maximum Gasteiger partial charge on any atom is 0.410 e. The molecule has 1 aromatic rings. The number of amides is 1. The van der Waals surface area contributed by atoms with Gasteiger partial charge in [-0.15, -0.1) is 0 Å². The van der Waals surface area contributed by atoms with E-state index in [0.29, 0.717) is 0 Å². The summed E-state index contributed by atoms with van der Waals surface area (Å²) in [4.78, 5) is 38.5. The Kier molecular flexibility index (Phi) is 4.44. The number of carbonyl (C=O) groups excluding carboxylic acids is 2. The lowest BCUT2D eigenvalue weighted by atomic mass is 9.93. The third kappa shape index (κ3) is 3.05. The number of benzene rings is 1. The van der Waals surface area contributed by atoms with E-state index >= 15 is 0 Å². The molecular formula is C20H25NO6. The van der Waals surface area contributed by atoms with Crippen LogP contribution in [0.15, 0.2) is 30.3 Å². The summed E-state index contributed by atoms with van der Waals surface area (Å²) in [5, 5.41) is 9.78. The third-order valence-corrected chi connectivity index (χ3v) is 5.55. The molecule has 0 bridgehead atoms. The number of hydrogen-bond acceptors (Lipinski definition) is 5. The molecule has 1 heterocycles. The number of carbonyl (C=O) groups is 3. The quantitative estimate of drug-likeness (QED) is 0.642. The summed E-state index contributed by atoms with van der Waals surface area (Å²) in [7, 11) is 0. The van der Waals surface area contributed by atoms with E-state index in [0.717, 1.165) is 5.56 Å². The third-order valence-electron chi connectivity index (χ3n) is 5.55. The summed E-state index contributed by atoms with van der Waals surface area (Å²) in [6.45, 7) is 7.29. The lowest BCUT2D eigenvalue weighted by molar-refractivity contribution is -0.172. The van der Waals surface area contributed by atoms with Crippen molar-refractivity contribution in [2.75, 3.05) is 13.1 Å². The van der Waals surface area contributed by atoms with Crippen LogP contribution in [0.1, 0.15) is 33.3 Å². The van der Waals surface area contributed by atoms with Crippen LogP contribution in [0, 0.1) is 16.7 Å². The molecule has 3 atom stereocenters. The standard InChI is InChI=1S/C20H25NO6/c1-18(2,3)27-16(24)20(15(22)23)14-10-21(12-19(14,20)4)17(25)26-11-13-8-6-5-7-9-13/h5-9,14H,10-12H2,1-4H3,(H,22,23). The van der Waals surface area contributed by atoms with Crippen molar-refractivity contribution in [2.24, 2.45) is 16.7 Å². The van der Waals surface area contributed by atoms with E-state index in [9.17, 15) is 19.5 Å². The van der Waals surface area contributed by atoms with Gasteiger partial charge in [0, 0.05) is 24.4 Å². The zero-order valence-electron chi connectivity index (χ0n) is 16.0. The highest BCUT2D eigenvalue weighted by Crippen LogP contribution is 2.73. The van der Waals surface area contributed by atoms with Crippen molar-refractivity contribution >= 4 is 18.0 Å². The lowest BCUT2D eigenvalue weighted by Crippen LogP contribution is -2.44. The Balaban J connectivity index is 1.67. The van der Waals surface area contributed by atoms with E-state index in [4.69, 9.17) is 9.47 Å². The molecule has 0 spiro atoms. The predicted molar refractivity (Wildman–Crippen MR) is 95.7 cm³/mol. The zero-order valence-corrected chi connectivity index (χ0v) is 16.0. The number of ether oxygens (including phenoxy) is 2. The number of nitrogens with zero attached hydrogens (tertiary/aromatic N) is 1. The average Bonchev–Trinajstić information content (AvgIpc) is 2.90. The Morgan fingerprint density at radius 2 is 1.85 bits per heavy atom. The fraction of sp³-hybridized carbons (Fsp3) is 0.550. The van der Waals surface area contributed by atoms with Gasteiger partial charge < -0.3 is 19.5 Å². The molecule has 3 unspecified atom stereocenters. The SMILES string of the molecule is CC(C)(C)OC(=O)C1(C(=O)O)C2CN(C(=O)OCc3ccccc3)CC21C. The zero-order chi connectivity index (χ0) is 20.0. The number of fused-ring (bicyclic) bond motifs is 1. The molecule has 1 saturated heterocycles. The molecule has 7 nitrogen and oxygen atoms in total. The molecule has 1 aliphatic carbocycles. The van der Waals surface area contributed by atoms with Gasteiger partial charge in [-0.3, -0.25) is 9.59 Å². The van der Waals surface area contributed by atoms with Gasteiger partial charge in [-0.2, -0.15) is 0 Å². The van der Waals surface area contributed by atoms with Crippen molar-refractivity contribution in [1.29, 1.82) is 0 Å². The van der Waals surface area contributed by atoms with Crippen LogP contribution in [-0.2, 0) is 25.7 Å². The Hall–Kier alpha value is -2.57. The first-order chi connectivity index (χ1) is 12.5. The van der Waals surface area contributed by atoms with Crippen LogP contribution < -0.4 is 0 Å². The van der Waals surface area contributed by atoms with E-state index in [1.807, 2.05) is 30.3 Å². The molecule has 1 aromatic carbocycles. The second kappa shape index (κ2) is 6.25. The number of esters is 1. The maximum atomic E-state index is 12.7. The first-order valence-electron chi connectivity index (χ1n) is 8.95. The number of likely N-dealkylation sites (tertiary alicyclic amines) is 1. The van der Waals surface area contributed by atoms with Crippen molar-refractivity contribution in [1.82, 2.24) is 4.90 Å². The molecule has 2 fully saturated rings. The highest BCUT2D eigenvalue weighted by Gasteiger charge is 2.86. The summed E-state index contributed by atoms with van der Waals surface area (Å²) >= 11 is 0. The first kappa shape index (κ1) is 19.2. The van der Waals surface area contributed by atoms with Gasteiger partial charge in [0.1, 0.15) is 12.2 Å². The van der Waals surface area contributed by atoms with Crippen LogP contribution >= 0.6 is 0 Å². The summed E-state index contributed by atoms with van der Waals surface area (Å²) in [5.41, 5.74) is -2.36. The number of hydrogen-bond donors (Lipinski definition) is 1. The highest BCUT2D eigenvalue weighted by atomic mass is 16.6. The topological polar surface area (TPSA) is 93.1 Å². The molecule has 3 rings (SSSR count). The molecule has 146 valence electrons. The van der Waals surface area contributed by atoms with Gasteiger partial charge >= 0.3 is 18.0 Å². The minimum absolute atomic E-state index is 0.147. The van der Waals surface area contributed by atoms with Crippen LogP contribution in [-0.4, -0.2) is 46.7 Å². The molecule has 0 radical (unpaired) electrons. The van der Waals surface area contributed by atoms with Crippen molar-refractivity contribution in [2.45, 2.75) is 39.9 Å². The van der Waals surface area contributed by atoms with Crippen molar-refractivity contribution in [3.63, 3.8) is 0 Å². The van der Waals surface area contributed by atoms with Crippen LogP contribution in [0.2, 0.25) is 0 Å². The Labute approximate surface area is 158 Å². The number of carboxylic acid groups (broad SMARTS) is 1. The molecule has 1 aliphatic heterocycles. The fourth-order valence-electron chi connectivity index (χ4n) is 4.20. The first-order valence-corrected chi connectivity index (χ1v) is 8.95. The van der Waals surface area contributed by atoms with E-state index in [1.54, 1.807) is 27.7 Å². The highest BCUT2D eigenvalue weighted by molar-refractivity contribution is 6.05. The maximum absolute atomic E-state index is 12.7. The van der Waals surface area contributed by atoms with E-state index in [2.05, 4.69) is 0 Å². The van der Waals surface area contributed by atoms with Crippen LogP contribution in [0.25, 0.3) is 0 Å². The summed E-state index contributed by atoms with van der Waals surface area (Å²) < 4.78 is 10.7. The van der Waals surface area contributed by atoms with Gasteiger partial charge in [0.25, 0.3) is 0 Å². The van der Waals surface area contributed by atoms with E-state index < -0.39 is 40.4 Å².